The number of imidazole rings is 1. The van der Waals surface area contributed by atoms with E-state index in [0.717, 1.165) is 22.7 Å². The van der Waals surface area contributed by atoms with E-state index in [1.807, 2.05) is 12.1 Å². The minimum absolute atomic E-state index is 0.788. The monoisotopic (exact) mass is 251 g/mol. The highest BCUT2D eigenvalue weighted by molar-refractivity contribution is 5.81. The molecule has 3 aromatic rings. The summed E-state index contributed by atoms with van der Waals surface area (Å²) in [5.41, 5.74) is 6.84. The smallest absolute Gasteiger partial charge is 0.205 e. The molecule has 1 aromatic heterocycles. The minimum Gasteiger partial charge on any atom is -0.326 e. The van der Waals surface area contributed by atoms with Gasteiger partial charge in [-0.05, 0) is 44.0 Å². The van der Waals surface area contributed by atoms with Crippen molar-refractivity contribution in [3.63, 3.8) is 0 Å². The van der Waals surface area contributed by atoms with Gasteiger partial charge in [-0.25, -0.2) is 4.98 Å². The van der Waals surface area contributed by atoms with Gasteiger partial charge in [0.25, 0.3) is 0 Å². The Kier molecular flexibility index (Phi) is 2.75. The van der Waals surface area contributed by atoms with Gasteiger partial charge in [-0.1, -0.05) is 29.8 Å². The van der Waals surface area contributed by atoms with Crippen LogP contribution in [0.25, 0.3) is 11.0 Å². The number of anilines is 2. The Bertz CT molecular complexity index is 741. The van der Waals surface area contributed by atoms with E-state index in [1.165, 1.54) is 16.7 Å². The lowest BCUT2D eigenvalue weighted by Crippen LogP contribution is -1.95. The summed E-state index contributed by atoms with van der Waals surface area (Å²) in [6.07, 6.45) is 0. The molecule has 0 aliphatic carbocycles. The van der Waals surface area contributed by atoms with Crippen molar-refractivity contribution >= 4 is 22.7 Å². The lowest BCUT2D eigenvalue weighted by atomic mass is 10.1. The van der Waals surface area contributed by atoms with Crippen LogP contribution in [0.15, 0.2) is 36.4 Å². The van der Waals surface area contributed by atoms with E-state index in [1.54, 1.807) is 0 Å². The molecule has 0 spiro atoms. The molecule has 0 radical (unpaired) electrons. The SMILES string of the molecule is Cc1ccc(Nc2nc3c(C)cccc3[nH]2)c(C)c1. The van der Waals surface area contributed by atoms with E-state index in [0.29, 0.717) is 0 Å². The van der Waals surface area contributed by atoms with Gasteiger partial charge in [0.2, 0.25) is 5.95 Å². The quantitative estimate of drug-likeness (QED) is 0.715. The lowest BCUT2D eigenvalue weighted by Gasteiger charge is -2.07. The molecule has 2 N–H and O–H groups in total. The highest BCUT2D eigenvalue weighted by Gasteiger charge is 2.06. The predicted molar refractivity (Wildman–Crippen MR) is 80.0 cm³/mol. The van der Waals surface area contributed by atoms with Crippen molar-refractivity contribution in [1.82, 2.24) is 9.97 Å². The fourth-order valence-electron chi connectivity index (χ4n) is 2.32. The Morgan fingerprint density at radius 1 is 1.00 bits per heavy atom. The number of aryl methyl sites for hydroxylation is 3. The highest BCUT2D eigenvalue weighted by Crippen LogP contribution is 2.23. The Morgan fingerprint density at radius 2 is 1.84 bits per heavy atom. The first kappa shape index (κ1) is 11.8. The van der Waals surface area contributed by atoms with Crippen LogP contribution >= 0.6 is 0 Å². The first-order chi connectivity index (χ1) is 9.13. The number of aromatic nitrogens is 2. The topological polar surface area (TPSA) is 40.7 Å². The second-order valence-corrected chi connectivity index (χ2v) is 5.00. The van der Waals surface area contributed by atoms with Gasteiger partial charge < -0.3 is 10.3 Å². The van der Waals surface area contributed by atoms with Crippen molar-refractivity contribution in [1.29, 1.82) is 0 Å². The molecule has 2 aromatic carbocycles. The fourth-order valence-corrected chi connectivity index (χ4v) is 2.32. The van der Waals surface area contributed by atoms with Gasteiger partial charge in [-0.15, -0.1) is 0 Å². The van der Waals surface area contributed by atoms with Gasteiger partial charge in [-0.2, -0.15) is 0 Å². The summed E-state index contributed by atoms with van der Waals surface area (Å²) >= 11 is 0. The fraction of sp³-hybridized carbons (Fsp3) is 0.188. The average molecular weight is 251 g/mol. The molecule has 0 unspecified atom stereocenters. The number of fused-ring (bicyclic) bond motifs is 1. The van der Waals surface area contributed by atoms with Crippen molar-refractivity contribution in [2.45, 2.75) is 20.8 Å². The third kappa shape index (κ3) is 2.19. The Morgan fingerprint density at radius 3 is 2.58 bits per heavy atom. The van der Waals surface area contributed by atoms with Gasteiger partial charge in [0.05, 0.1) is 11.0 Å². The Hall–Kier alpha value is -2.29. The maximum Gasteiger partial charge on any atom is 0.205 e. The molecule has 0 saturated carbocycles. The van der Waals surface area contributed by atoms with Crippen molar-refractivity contribution < 1.29 is 0 Å². The summed E-state index contributed by atoms with van der Waals surface area (Å²) in [5, 5.41) is 3.35. The van der Waals surface area contributed by atoms with Crippen LogP contribution < -0.4 is 5.32 Å². The summed E-state index contributed by atoms with van der Waals surface area (Å²) in [6.45, 7) is 6.27. The highest BCUT2D eigenvalue weighted by atomic mass is 15.1. The summed E-state index contributed by atoms with van der Waals surface area (Å²) in [7, 11) is 0. The molecular weight excluding hydrogens is 234 g/mol. The largest absolute Gasteiger partial charge is 0.326 e. The number of aromatic amines is 1. The van der Waals surface area contributed by atoms with Gasteiger partial charge in [0.1, 0.15) is 0 Å². The van der Waals surface area contributed by atoms with Crippen LogP contribution in [0.3, 0.4) is 0 Å². The number of para-hydroxylation sites is 1. The van der Waals surface area contributed by atoms with Gasteiger partial charge in [0, 0.05) is 5.69 Å². The molecule has 3 nitrogen and oxygen atoms in total. The maximum atomic E-state index is 4.60. The molecule has 3 rings (SSSR count). The van der Waals surface area contributed by atoms with Gasteiger partial charge in [0.15, 0.2) is 0 Å². The summed E-state index contributed by atoms with van der Waals surface area (Å²) in [6, 6.07) is 12.5. The molecule has 1 heterocycles. The number of hydrogen-bond donors (Lipinski definition) is 2. The van der Waals surface area contributed by atoms with Crippen LogP contribution in [0.1, 0.15) is 16.7 Å². The predicted octanol–water partition coefficient (Wildman–Crippen LogP) is 4.23. The van der Waals surface area contributed by atoms with Crippen LogP contribution in [-0.4, -0.2) is 9.97 Å². The minimum atomic E-state index is 0.788. The van der Waals surface area contributed by atoms with Crippen LogP contribution in [0.4, 0.5) is 11.6 Å². The second kappa shape index (κ2) is 4.43. The van der Waals surface area contributed by atoms with E-state index in [9.17, 15) is 0 Å². The Labute approximate surface area is 112 Å². The van der Waals surface area contributed by atoms with Crippen LogP contribution in [0.2, 0.25) is 0 Å². The number of nitrogens with zero attached hydrogens (tertiary/aromatic N) is 1. The molecule has 0 fully saturated rings. The van der Waals surface area contributed by atoms with E-state index < -0.39 is 0 Å². The first-order valence-corrected chi connectivity index (χ1v) is 6.43. The number of nitrogens with one attached hydrogen (secondary N) is 2. The molecular formula is C16H17N3. The van der Waals surface area contributed by atoms with E-state index in [4.69, 9.17) is 0 Å². The number of rotatable bonds is 2. The summed E-state index contributed by atoms with van der Waals surface area (Å²) in [4.78, 5) is 7.91. The normalized spacial score (nSPS) is 10.9. The van der Waals surface area contributed by atoms with Crippen molar-refractivity contribution in [2.24, 2.45) is 0 Å². The van der Waals surface area contributed by atoms with E-state index in [2.05, 4.69) is 60.3 Å². The van der Waals surface area contributed by atoms with Gasteiger partial charge in [-0.3, -0.25) is 0 Å². The second-order valence-electron chi connectivity index (χ2n) is 5.00. The van der Waals surface area contributed by atoms with Crippen molar-refractivity contribution in [3.05, 3.63) is 53.1 Å². The summed E-state index contributed by atoms with van der Waals surface area (Å²) < 4.78 is 0. The molecule has 0 saturated heterocycles. The van der Waals surface area contributed by atoms with E-state index in [-0.39, 0.29) is 0 Å². The molecule has 0 atom stereocenters. The molecule has 96 valence electrons. The third-order valence-electron chi connectivity index (χ3n) is 3.35. The first-order valence-electron chi connectivity index (χ1n) is 6.43. The zero-order chi connectivity index (χ0) is 13.4. The van der Waals surface area contributed by atoms with Crippen LogP contribution in [0.5, 0.6) is 0 Å². The van der Waals surface area contributed by atoms with E-state index >= 15 is 0 Å². The zero-order valence-electron chi connectivity index (χ0n) is 11.4. The third-order valence-corrected chi connectivity index (χ3v) is 3.35. The molecule has 0 aliphatic heterocycles. The van der Waals surface area contributed by atoms with Crippen molar-refractivity contribution in [3.8, 4) is 0 Å². The Balaban J connectivity index is 1.99. The molecule has 0 bridgehead atoms. The standard InChI is InChI=1S/C16H17N3/c1-10-7-8-13(12(3)9-10)17-16-18-14-6-4-5-11(2)15(14)19-16/h4-9H,1-3H3,(H2,17,18,19). The zero-order valence-corrected chi connectivity index (χ0v) is 11.4. The molecule has 3 heteroatoms. The maximum absolute atomic E-state index is 4.60. The average Bonchev–Trinajstić information content (AvgIpc) is 2.77. The number of hydrogen-bond acceptors (Lipinski definition) is 2. The summed E-state index contributed by atoms with van der Waals surface area (Å²) in [5.74, 6) is 0.788. The van der Waals surface area contributed by atoms with Gasteiger partial charge >= 0.3 is 0 Å². The molecule has 0 amide bonds. The van der Waals surface area contributed by atoms with Crippen molar-refractivity contribution in [2.75, 3.05) is 5.32 Å². The number of benzene rings is 2. The molecule has 0 aliphatic rings. The molecule has 19 heavy (non-hydrogen) atoms. The van der Waals surface area contributed by atoms with Crippen LogP contribution in [0, 0.1) is 20.8 Å². The number of H-pyrrole nitrogens is 1. The lowest BCUT2D eigenvalue weighted by molar-refractivity contribution is 1.28. The van der Waals surface area contributed by atoms with Crippen LogP contribution in [-0.2, 0) is 0 Å².